The summed E-state index contributed by atoms with van der Waals surface area (Å²) in [5.41, 5.74) is 1.24. The van der Waals surface area contributed by atoms with Crippen molar-refractivity contribution in [3.05, 3.63) is 88.2 Å². The maximum absolute atomic E-state index is 13.1. The number of amides is 1. The van der Waals surface area contributed by atoms with Crippen LogP contribution in [0, 0.1) is 0 Å². The Bertz CT molecular complexity index is 1250. The molecule has 0 unspecified atom stereocenters. The molecule has 0 spiro atoms. The van der Waals surface area contributed by atoms with Crippen molar-refractivity contribution < 1.29 is 14.3 Å². The van der Waals surface area contributed by atoms with E-state index in [2.05, 4.69) is 4.99 Å². The first-order chi connectivity index (χ1) is 14.7. The number of nitrogens with zero attached hydrogens (tertiary/aromatic N) is 2. The third-order valence-electron chi connectivity index (χ3n) is 4.46. The van der Waals surface area contributed by atoms with Crippen molar-refractivity contribution in [3.63, 3.8) is 0 Å². The quantitative estimate of drug-likeness (QED) is 0.397. The summed E-state index contributed by atoms with van der Waals surface area (Å²) in [6.45, 7) is 1.01. The lowest BCUT2D eigenvalue weighted by atomic mass is 10.2. The van der Waals surface area contributed by atoms with Crippen molar-refractivity contribution >= 4 is 39.1 Å². The third-order valence-corrected chi connectivity index (χ3v) is 5.81. The van der Waals surface area contributed by atoms with E-state index < -0.39 is 0 Å². The highest BCUT2D eigenvalue weighted by Gasteiger charge is 2.15. The average molecular weight is 439 g/mol. The van der Waals surface area contributed by atoms with E-state index in [9.17, 15) is 4.79 Å². The number of hydrogen-bond donors (Lipinski definition) is 0. The average Bonchev–Trinajstić information content (AvgIpc) is 3.11. The Morgan fingerprint density at radius 1 is 1.03 bits per heavy atom. The van der Waals surface area contributed by atoms with Crippen LogP contribution >= 0.6 is 22.9 Å². The molecule has 1 aromatic heterocycles. The lowest BCUT2D eigenvalue weighted by molar-refractivity contribution is 0.0995. The zero-order chi connectivity index (χ0) is 20.9. The molecule has 4 rings (SSSR count). The molecule has 0 saturated heterocycles. The highest BCUT2D eigenvalue weighted by atomic mass is 35.5. The van der Waals surface area contributed by atoms with Gasteiger partial charge in [-0.15, -0.1) is 0 Å². The van der Waals surface area contributed by atoms with Gasteiger partial charge in [-0.05, 0) is 36.4 Å². The van der Waals surface area contributed by atoms with Crippen LogP contribution in [-0.2, 0) is 11.3 Å². The predicted octanol–water partition coefficient (Wildman–Crippen LogP) is 5.54. The van der Waals surface area contributed by atoms with Gasteiger partial charge in [-0.1, -0.05) is 59.3 Å². The molecule has 152 valence electrons. The molecule has 4 aromatic rings. The van der Waals surface area contributed by atoms with Gasteiger partial charge in [0.1, 0.15) is 11.5 Å². The van der Waals surface area contributed by atoms with Gasteiger partial charge >= 0.3 is 0 Å². The monoisotopic (exact) mass is 438 g/mol. The molecule has 0 aliphatic heterocycles. The fraction of sp³-hybridized carbons (Fsp3) is 0.130. The van der Waals surface area contributed by atoms with Crippen molar-refractivity contribution in [1.82, 2.24) is 4.57 Å². The first-order valence-electron chi connectivity index (χ1n) is 9.35. The van der Waals surface area contributed by atoms with Crippen LogP contribution in [0.25, 0.3) is 10.2 Å². The standard InChI is InChI=1S/C23H19ClN2O3S/c1-28-15-14-26-21-18(24)11-7-13-20(21)30-23(26)25-22(27)17-10-5-6-12-19(17)29-16-8-3-2-4-9-16/h2-13H,14-15H2,1H3. The fourth-order valence-corrected chi connectivity index (χ4v) is 4.47. The van der Waals surface area contributed by atoms with Gasteiger partial charge in [-0.3, -0.25) is 4.79 Å². The minimum absolute atomic E-state index is 0.379. The van der Waals surface area contributed by atoms with Crippen LogP contribution in [0.15, 0.2) is 77.8 Å². The smallest absolute Gasteiger partial charge is 0.283 e. The zero-order valence-electron chi connectivity index (χ0n) is 16.2. The molecule has 0 N–H and O–H groups in total. The van der Waals surface area contributed by atoms with Gasteiger partial charge in [0, 0.05) is 13.7 Å². The van der Waals surface area contributed by atoms with Crippen LogP contribution in [-0.4, -0.2) is 24.2 Å². The van der Waals surface area contributed by atoms with Gasteiger partial charge < -0.3 is 14.0 Å². The van der Waals surface area contributed by atoms with E-state index in [1.165, 1.54) is 11.3 Å². The molecule has 0 bridgehead atoms. The summed E-state index contributed by atoms with van der Waals surface area (Å²) >= 11 is 7.84. The van der Waals surface area contributed by atoms with E-state index >= 15 is 0 Å². The predicted molar refractivity (Wildman–Crippen MR) is 120 cm³/mol. The van der Waals surface area contributed by atoms with E-state index in [0.29, 0.717) is 40.0 Å². The van der Waals surface area contributed by atoms with Crippen molar-refractivity contribution in [2.75, 3.05) is 13.7 Å². The molecule has 7 heteroatoms. The second kappa shape index (κ2) is 9.26. The first-order valence-corrected chi connectivity index (χ1v) is 10.5. The maximum Gasteiger partial charge on any atom is 0.283 e. The number of carbonyl (C=O) groups is 1. The number of aromatic nitrogens is 1. The van der Waals surface area contributed by atoms with Gasteiger partial charge in [-0.25, -0.2) is 0 Å². The number of hydrogen-bond acceptors (Lipinski definition) is 4. The van der Waals surface area contributed by atoms with E-state index in [4.69, 9.17) is 21.1 Å². The molecule has 0 saturated carbocycles. The second-order valence-corrected chi connectivity index (χ2v) is 7.86. The molecule has 1 amide bonds. The molecule has 0 aliphatic rings. The van der Waals surface area contributed by atoms with Crippen molar-refractivity contribution in [2.45, 2.75) is 6.54 Å². The Balaban J connectivity index is 1.77. The number of methoxy groups -OCH3 is 1. The molecule has 5 nitrogen and oxygen atoms in total. The van der Waals surface area contributed by atoms with E-state index in [-0.39, 0.29) is 5.91 Å². The summed E-state index contributed by atoms with van der Waals surface area (Å²) in [7, 11) is 1.63. The number of carbonyl (C=O) groups excluding carboxylic acids is 1. The van der Waals surface area contributed by atoms with Gasteiger partial charge in [0.15, 0.2) is 4.80 Å². The van der Waals surface area contributed by atoms with Crippen LogP contribution in [0.3, 0.4) is 0 Å². The zero-order valence-corrected chi connectivity index (χ0v) is 17.8. The minimum Gasteiger partial charge on any atom is -0.457 e. The van der Waals surface area contributed by atoms with Crippen molar-refractivity contribution in [1.29, 1.82) is 0 Å². The molecule has 1 heterocycles. The van der Waals surface area contributed by atoms with Crippen LogP contribution in [0.2, 0.25) is 5.02 Å². The molecule has 30 heavy (non-hydrogen) atoms. The normalized spacial score (nSPS) is 11.7. The van der Waals surface area contributed by atoms with Crippen LogP contribution in [0.4, 0.5) is 0 Å². The van der Waals surface area contributed by atoms with Crippen molar-refractivity contribution in [2.24, 2.45) is 4.99 Å². The summed E-state index contributed by atoms with van der Waals surface area (Å²) in [6.07, 6.45) is 0. The molecule has 0 fully saturated rings. The Hall–Kier alpha value is -2.93. The summed E-state index contributed by atoms with van der Waals surface area (Å²) in [5.74, 6) is 0.733. The topological polar surface area (TPSA) is 52.8 Å². The Morgan fingerprint density at radius 3 is 2.60 bits per heavy atom. The number of ether oxygens (including phenoxy) is 2. The summed E-state index contributed by atoms with van der Waals surface area (Å²) in [6, 6.07) is 22.1. The number of fused-ring (bicyclic) bond motifs is 1. The maximum atomic E-state index is 13.1. The first kappa shape index (κ1) is 20.3. The minimum atomic E-state index is -0.379. The molecule has 0 aliphatic carbocycles. The van der Waals surface area contributed by atoms with Gasteiger partial charge in [0.25, 0.3) is 5.91 Å². The van der Waals surface area contributed by atoms with Gasteiger partial charge in [0.05, 0.1) is 27.4 Å². The van der Waals surface area contributed by atoms with E-state index in [0.717, 1.165) is 10.2 Å². The molecule has 3 aromatic carbocycles. The third kappa shape index (κ3) is 4.31. The van der Waals surface area contributed by atoms with Crippen LogP contribution in [0.1, 0.15) is 10.4 Å². The van der Waals surface area contributed by atoms with Gasteiger partial charge in [-0.2, -0.15) is 4.99 Å². The highest BCUT2D eigenvalue weighted by molar-refractivity contribution is 7.16. The lowest BCUT2D eigenvalue weighted by Crippen LogP contribution is -2.19. The summed E-state index contributed by atoms with van der Waals surface area (Å²) < 4.78 is 14.0. The highest BCUT2D eigenvalue weighted by Crippen LogP contribution is 2.27. The van der Waals surface area contributed by atoms with Crippen molar-refractivity contribution in [3.8, 4) is 11.5 Å². The molecule has 0 atom stereocenters. The Morgan fingerprint density at radius 2 is 1.80 bits per heavy atom. The number of para-hydroxylation sites is 3. The van der Waals surface area contributed by atoms with Crippen LogP contribution < -0.4 is 9.54 Å². The number of benzene rings is 3. The summed E-state index contributed by atoms with van der Waals surface area (Å²) in [5, 5.41) is 0.613. The van der Waals surface area contributed by atoms with E-state index in [1.807, 2.05) is 59.2 Å². The van der Waals surface area contributed by atoms with Crippen LogP contribution in [0.5, 0.6) is 11.5 Å². The van der Waals surface area contributed by atoms with Gasteiger partial charge in [0.2, 0.25) is 0 Å². The SMILES string of the molecule is COCCn1c(=NC(=O)c2ccccc2Oc2ccccc2)sc2cccc(Cl)c21. The number of halogens is 1. The summed E-state index contributed by atoms with van der Waals surface area (Å²) in [4.78, 5) is 18.1. The lowest BCUT2D eigenvalue weighted by Gasteiger charge is -2.09. The number of thiazole rings is 1. The number of rotatable bonds is 6. The molecular formula is C23H19ClN2O3S. The Kier molecular flexibility index (Phi) is 6.28. The molecule has 0 radical (unpaired) electrons. The fourth-order valence-electron chi connectivity index (χ4n) is 3.06. The largest absolute Gasteiger partial charge is 0.457 e. The van der Waals surface area contributed by atoms with E-state index in [1.54, 1.807) is 25.3 Å². The second-order valence-electron chi connectivity index (χ2n) is 6.44. The Labute approximate surface area is 182 Å². The molecular weight excluding hydrogens is 420 g/mol.